The van der Waals surface area contributed by atoms with Gasteiger partial charge < -0.3 is 15.7 Å². The minimum atomic E-state index is -0.637. The molecule has 0 saturated heterocycles. The van der Waals surface area contributed by atoms with Gasteiger partial charge in [0.15, 0.2) is 0 Å². The molecule has 1 rings (SSSR count). The van der Waals surface area contributed by atoms with E-state index in [0.29, 0.717) is 17.0 Å². The topological polar surface area (TPSA) is 78.4 Å². The van der Waals surface area contributed by atoms with E-state index in [4.69, 9.17) is 11.6 Å². The maximum atomic E-state index is 12.2. The third-order valence-electron chi connectivity index (χ3n) is 3.01. The van der Waals surface area contributed by atoms with Crippen LogP contribution in [-0.4, -0.2) is 35.6 Å². The highest BCUT2D eigenvalue weighted by molar-refractivity contribution is 6.30. The van der Waals surface area contributed by atoms with Crippen LogP contribution in [0.4, 0.5) is 0 Å². The summed E-state index contributed by atoms with van der Waals surface area (Å²) in [5, 5.41) is 15.1. The fraction of sp³-hybridized carbons (Fsp3) is 0.500. The molecule has 2 atom stereocenters. The van der Waals surface area contributed by atoms with Crippen molar-refractivity contribution in [2.24, 2.45) is 5.92 Å². The Kier molecular flexibility index (Phi) is 7.35. The van der Waals surface area contributed by atoms with Crippen LogP contribution >= 0.6 is 11.6 Å². The van der Waals surface area contributed by atoms with E-state index in [-0.39, 0.29) is 24.3 Å². The monoisotopic (exact) mass is 326 g/mol. The van der Waals surface area contributed by atoms with Crippen LogP contribution in [0.1, 0.15) is 37.6 Å². The van der Waals surface area contributed by atoms with Crippen molar-refractivity contribution in [1.29, 1.82) is 0 Å². The molecule has 0 fully saturated rings. The highest BCUT2D eigenvalue weighted by Crippen LogP contribution is 2.11. The first-order valence-corrected chi connectivity index (χ1v) is 7.69. The van der Waals surface area contributed by atoms with Crippen molar-refractivity contribution < 1.29 is 14.7 Å². The van der Waals surface area contributed by atoms with Gasteiger partial charge in [-0.1, -0.05) is 25.4 Å². The number of carbonyl (C=O) groups is 2. The summed E-state index contributed by atoms with van der Waals surface area (Å²) in [4.78, 5) is 24.4. The van der Waals surface area contributed by atoms with Gasteiger partial charge in [0.1, 0.15) is 6.04 Å². The first-order chi connectivity index (χ1) is 10.3. The molecule has 3 N–H and O–H groups in total. The van der Waals surface area contributed by atoms with Gasteiger partial charge >= 0.3 is 0 Å². The normalized spacial score (nSPS) is 13.5. The quantitative estimate of drug-likeness (QED) is 0.717. The van der Waals surface area contributed by atoms with E-state index in [2.05, 4.69) is 10.6 Å². The zero-order chi connectivity index (χ0) is 16.7. The largest absolute Gasteiger partial charge is 0.392 e. The summed E-state index contributed by atoms with van der Waals surface area (Å²) in [7, 11) is 0. The molecule has 1 aromatic carbocycles. The molecule has 5 nitrogen and oxygen atoms in total. The molecule has 6 heteroatoms. The first kappa shape index (κ1) is 18.5. The lowest BCUT2D eigenvalue weighted by atomic mass is 10.0. The fourth-order valence-electron chi connectivity index (χ4n) is 1.92. The average Bonchev–Trinajstić information content (AvgIpc) is 2.44. The average molecular weight is 327 g/mol. The molecule has 0 saturated carbocycles. The lowest BCUT2D eigenvalue weighted by Gasteiger charge is -2.20. The summed E-state index contributed by atoms with van der Waals surface area (Å²) in [5.74, 6) is -0.376. The van der Waals surface area contributed by atoms with E-state index < -0.39 is 12.1 Å². The summed E-state index contributed by atoms with van der Waals surface area (Å²) in [6.07, 6.45) is -0.110. The van der Waals surface area contributed by atoms with Gasteiger partial charge in [0.2, 0.25) is 5.91 Å². The molecule has 0 aliphatic heterocycles. The zero-order valence-corrected chi connectivity index (χ0v) is 13.9. The molecule has 22 heavy (non-hydrogen) atoms. The van der Waals surface area contributed by atoms with E-state index in [1.54, 1.807) is 31.2 Å². The lowest BCUT2D eigenvalue weighted by Crippen LogP contribution is -2.48. The highest BCUT2D eigenvalue weighted by Gasteiger charge is 2.22. The summed E-state index contributed by atoms with van der Waals surface area (Å²) < 4.78 is 0. The Bertz CT molecular complexity index is 501. The second-order valence-corrected chi connectivity index (χ2v) is 6.19. The molecule has 0 spiro atoms. The Morgan fingerprint density at radius 2 is 1.77 bits per heavy atom. The smallest absolute Gasteiger partial charge is 0.251 e. The summed E-state index contributed by atoms with van der Waals surface area (Å²) in [5.41, 5.74) is 0.446. The Morgan fingerprint density at radius 3 is 2.27 bits per heavy atom. The van der Waals surface area contributed by atoms with Gasteiger partial charge in [0.05, 0.1) is 6.10 Å². The standard InChI is InChI=1S/C16H23ClN2O3/c1-10(2)8-14(16(22)18-9-11(3)20)19-15(21)12-4-6-13(17)7-5-12/h4-7,10-11,14,20H,8-9H2,1-3H3,(H,18,22)(H,19,21). The summed E-state index contributed by atoms with van der Waals surface area (Å²) in [6, 6.07) is 5.83. The summed E-state index contributed by atoms with van der Waals surface area (Å²) >= 11 is 5.79. The van der Waals surface area contributed by atoms with Crippen LogP contribution in [0, 0.1) is 5.92 Å². The number of nitrogens with one attached hydrogen (secondary N) is 2. The van der Waals surface area contributed by atoms with Crippen LogP contribution in [0.15, 0.2) is 24.3 Å². The molecule has 0 aliphatic rings. The number of aliphatic hydroxyl groups is 1. The lowest BCUT2D eigenvalue weighted by molar-refractivity contribution is -0.123. The summed E-state index contributed by atoms with van der Waals surface area (Å²) in [6.45, 7) is 5.70. The van der Waals surface area contributed by atoms with Crippen molar-refractivity contribution in [3.05, 3.63) is 34.9 Å². The van der Waals surface area contributed by atoms with Crippen LogP contribution in [0.5, 0.6) is 0 Å². The van der Waals surface area contributed by atoms with Gasteiger partial charge in [-0.3, -0.25) is 9.59 Å². The minimum absolute atomic E-state index is 0.157. The SMILES string of the molecule is CC(C)CC(NC(=O)c1ccc(Cl)cc1)C(=O)NCC(C)O. The number of halogens is 1. The molecule has 0 heterocycles. The van der Waals surface area contributed by atoms with Gasteiger partial charge in [-0.05, 0) is 43.5 Å². The number of carbonyl (C=O) groups excluding carboxylic acids is 2. The molecule has 122 valence electrons. The molecule has 2 amide bonds. The number of aliphatic hydroxyl groups excluding tert-OH is 1. The third kappa shape index (κ3) is 6.45. The van der Waals surface area contributed by atoms with E-state index in [9.17, 15) is 14.7 Å². The Labute approximate surface area is 136 Å². The van der Waals surface area contributed by atoms with E-state index in [1.165, 1.54) is 0 Å². The number of hydrogen-bond acceptors (Lipinski definition) is 3. The molecule has 0 radical (unpaired) electrons. The minimum Gasteiger partial charge on any atom is -0.392 e. The van der Waals surface area contributed by atoms with Gasteiger partial charge in [0.25, 0.3) is 5.91 Å². The molecule has 2 unspecified atom stereocenters. The molecule has 0 aliphatic carbocycles. The second-order valence-electron chi connectivity index (χ2n) is 5.76. The number of hydrogen-bond donors (Lipinski definition) is 3. The van der Waals surface area contributed by atoms with Crippen molar-refractivity contribution in [1.82, 2.24) is 10.6 Å². The van der Waals surface area contributed by atoms with Crippen LogP contribution in [0.2, 0.25) is 5.02 Å². The van der Waals surface area contributed by atoms with E-state index >= 15 is 0 Å². The maximum absolute atomic E-state index is 12.2. The van der Waals surface area contributed by atoms with Gasteiger partial charge in [-0.15, -0.1) is 0 Å². The number of benzene rings is 1. The van der Waals surface area contributed by atoms with Crippen molar-refractivity contribution in [2.45, 2.75) is 39.3 Å². The molecule has 1 aromatic rings. The van der Waals surface area contributed by atoms with Gasteiger partial charge in [0, 0.05) is 17.1 Å². The van der Waals surface area contributed by atoms with Crippen molar-refractivity contribution >= 4 is 23.4 Å². The molecule has 0 bridgehead atoms. The van der Waals surface area contributed by atoms with E-state index in [1.807, 2.05) is 13.8 Å². The van der Waals surface area contributed by atoms with Crippen LogP contribution in [-0.2, 0) is 4.79 Å². The van der Waals surface area contributed by atoms with E-state index in [0.717, 1.165) is 0 Å². The Hall–Kier alpha value is -1.59. The zero-order valence-electron chi connectivity index (χ0n) is 13.1. The second kappa shape index (κ2) is 8.76. The molecular weight excluding hydrogens is 304 g/mol. The maximum Gasteiger partial charge on any atom is 0.251 e. The van der Waals surface area contributed by atoms with Crippen LogP contribution in [0.3, 0.4) is 0 Å². The number of amides is 2. The van der Waals surface area contributed by atoms with Gasteiger partial charge in [-0.25, -0.2) is 0 Å². The Morgan fingerprint density at radius 1 is 1.18 bits per heavy atom. The Balaban J connectivity index is 2.73. The van der Waals surface area contributed by atoms with Crippen molar-refractivity contribution in [3.63, 3.8) is 0 Å². The van der Waals surface area contributed by atoms with Crippen LogP contribution < -0.4 is 10.6 Å². The molecular formula is C16H23ClN2O3. The van der Waals surface area contributed by atoms with Gasteiger partial charge in [-0.2, -0.15) is 0 Å². The van der Waals surface area contributed by atoms with Crippen molar-refractivity contribution in [2.75, 3.05) is 6.54 Å². The predicted octanol–water partition coefficient (Wildman–Crippen LogP) is 1.98. The van der Waals surface area contributed by atoms with Crippen LogP contribution in [0.25, 0.3) is 0 Å². The highest BCUT2D eigenvalue weighted by atomic mass is 35.5. The van der Waals surface area contributed by atoms with Crippen molar-refractivity contribution in [3.8, 4) is 0 Å². The fourth-order valence-corrected chi connectivity index (χ4v) is 2.04. The first-order valence-electron chi connectivity index (χ1n) is 7.31. The third-order valence-corrected chi connectivity index (χ3v) is 3.26. The predicted molar refractivity (Wildman–Crippen MR) is 86.9 cm³/mol. The molecule has 0 aromatic heterocycles. The number of rotatable bonds is 7.